The second-order valence-corrected chi connectivity index (χ2v) is 9.45. The Balaban J connectivity index is 1.32. The van der Waals surface area contributed by atoms with Crippen LogP contribution in [0.3, 0.4) is 0 Å². The number of methoxy groups -OCH3 is 1. The predicted octanol–water partition coefficient (Wildman–Crippen LogP) is 5.14. The van der Waals surface area contributed by atoms with E-state index in [0.29, 0.717) is 30.6 Å². The van der Waals surface area contributed by atoms with Gasteiger partial charge in [-0.2, -0.15) is 0 Å². The SMILES string of the molecule is COc1ccc(COc2ccc3c(c2)CC[C@@H]2[C@@H]3CC[C@]3(C)C(=O)/C(=N/O)C[C@@H]23)cc1. The van der Waals surface area contributed by atoms with Crippen LogP contribution in [0.15, 0.2) is 47.6 Å². The maximum Gasteiger partial charge on any atom is 0.186 e. The molecule has 1 N–H and O–H groups in total. The highest BCUT2D eigenvalue weighted by atomic mass is 16.5. The zero-order valence-electron chi connectivity index (χ0n) is 18.1. The van der Waals surface area contributed by atoms with E-state index in [1.807, 2.05) is 24.3 Å². The molecule has 2 saturated carbocycles. The lowest BCUT2D eigenvalue weighted by Crippen LogP contribution is -2.42. The van der Waals surface area contributed by atoms with Crippen LogP contribution in [0.5, 0.6) is 11.5 Å². The van der Waals surface area contributed by atoms with Crippen molar-refractivity contribution in [2.45, 2.75) is 51.6 Å². The molecule has 2 aromatic carbocycles. The Kier molecular flexibility index (Phi) is 4.99. The molecule has 4 atom stereocenters. The first-order valence-electron chi connectivity index (χ1n) is 11.2. The molecule has 3 aliphatic carbocycles. The van der Waals surface area contributed by atoms with E-state index in [1.54, 1.807) is 7.11 Å². The van der Waals surface area contributed by atoms with Gasteiger partial charge in [-0.05, 0) is 84.4 Å². The Hall–Kier alpha value is -2.82. The van der Waals surface area contributed by atoms with Gasteiger partial charge in [0.2, 0.25) is 0 Å². The quantitative estimate of drug-likeness (QED) is 0.550. The lowest BCUT2D eigenvalue weighted by molar-refractivity contribution is -0.125. The van der Waals surface area contributed by atoms with E-state index in [1.165, 1.54) is 11.1 Å². The van der Waals surface area contributed by atoms with E-state index in [0.717, 1.165) is 42.7 Å². The molecule has 3 aliphatic rings. The zero-order chi connectivity index (χ0) is 21.6. The topological polar surface area (TPSA) is 68.1 Å². The zero-order valence-corrected chi connectivity index (χ0v) is 18.1. The molecule has 5 nitrogen and oxygen atoms in total. The van der Waals surface area contributed by atoms with Crippen molar-refractivity contribution in [2.24, 2.45) is 22.4 Å². The van der Waals surface area contributed by atoms with Crippen molar-refractivity contribution in [3.63, 3.8) is 0 Å². The fourth-order valence-electron chi connectivity index (χ4n) is 6.23. The number of carbonyl (C=O) groups is 1. The molecular weight excluding hydrogens is 390 g/mol. The number of ketones is 1. The second kappa shape index (κ2) is 7.70. The summed E-state index contributed by atoms with van der Waals surface area (Å²) in [5.74, 6) is 3.04. The van der Waals surface area contributed by atoms with Crippen LogP contribution >= 0.6 is 0 Å². The maximum absolute atomic E-state index is 12.8. The molecule has 2 aromatic rings. The van der Waals surface area contributed by atoms with Gasteiger partial charge in [0.1, 0.15) is 23.8 Å². The van der Waals surface area contributed by atoms with Gasteiger partial charge in [0.05, 0.1) is 7.11 Å². The van der Waals surface area contributed by atoms with E-state index in [2.05, 4.69) is 30.3 Å². The highest BCUT2D eigenvalue weighted by molar-refractivity contribution is 6.43. The van der Waals surface area contributed by atoms with E-state index in [-0.39, 0.29) is 17.1 Å². The first kappa shape index (κ1) is 20.1. The Morgan fingerprint density at radius 1 is 1.13 bits per heavy atom. The molecular formula is C26H29NO4. The van der Waals surface area contributed by atoms with Gasteiger partial charge in [-0.15, -0.1) is 0 Å². The fourth-order valence-corrected chi connectivity index (χ4v) is 6.23. The van der Waals surface area contributed by atoms with E-state index >= 15 is 0 Å². The van der Waals surface area contributed by atoms with Crippen LogP contribution in [0.2, 0.25) is 0 Å². The molecule has 5 rings (SSSR count). The lowest BCUT2D eigenvalue weighted by Gasteiger charge is -2.47. The summed E-state index contributed by atoms with van der Waals surface area (Å²) < 4.78 is 11.3. The molecule has 0 aromatic heterocycles. The summed E-state index contributed by atoms with van der Waals surface area (Å²) in [5, 5.41) is 12.6. The van der Waals surface area contributed by atoms with Gasteiger partial charge < -0.3 is 14.7 Å². The molecule has 0 heterocycles. The second-order valence-electron chi connectivity index (χ2n) is 9.45. The van der Waals surface area contributed by atoms with E-state index in [9.17, 15) is 10.0 Å². The Bertz CT molecular complexity index is 1030. The highest BCUT2D eigenvalue weighted by Gasteiger charge is 2.57. The molecule has 0 bridgehead atoms. The summed E-state index contributed by atoms with van der Waals surface area (Å²) in [6, 6.07) is 14.5. The lowest BCUT2D eigenvalue weighted by atomic mass is 9.55. The van der Waals surface area contributed by atoms with Crippen molar-refractivity contribution in [1.82, 2.24) is 0 Å². The fraction of sp³-hybridized carbons (Fsp3) is 0.462. The molecule has 0 amide bonds. The van der Waals surface area contributed by atoms with Crippen LogP contribution in [0, 0.1) is 17.3 Å². The number of Topliss-reactive ketones (excluding diaryl/α,β-unsaturated/α-hetero) is 1. The van der Waals surface area contributed by atoms with Crippen molar-refractivity contribution in [3.8, 4) is 11.5 Å². The average Bonchev–Trinajstić information content (AvgIpc) is 3.08. The number of aryl methyl sites for hydroxylation is 1. The molecule has 2 fully saturated rings. The largest absolute Gasteiger partial charge is 0.497 e. The number of hydrogen-bond donors (Lipinski definition) is 1. The van der Waals surface area contributed by atoms with Crippen molar-refractivity contribution < 1.29 is 19.5 Å². The molecule has 162 valence electrons. The van der Waals surface area contributed by atoms with E-state index in [4.69, 9.17) is 9.47 Å². The monoisotopic (exact) mass is 419 g/mol. The molecule has 0 unspecified atom stereocenters. The van der Waals surface area contributed by atoms with Gasteiger partial charge in [0.15, 0.2) is 5.78 Å². The van der Waals surface area contributed by atoms with Crippen molar-refractivity contribution in [3.05, 3.63) is 59.2 Å². The van der Waals surface area contributed by atoms with Crippen LogP contribution in [-0.2, 0) is 17.8 Å². The molecule has 0 spiro atoms. The first-order valence-corrected chi connectivity index (χ1v) is 11.2. The Morgan fingerprint density at radius 3 is 2.65 bits per heavy atom. The summed E-state index contributed by atoms with van der Waals surface area (Å²) in [6.07, 6.45) is 4.58. The standard InChI is InChI=1S/C26H29NO4/c1-26-12-11-21-20-10-8-19(31-15-16-3-6-18(30-2)7-4-16)13-17(20)5-9-22(21)23(26)14-24(27-29)25(26)28/h3-4,6-8,10,13,21-23,29H,5,9,11-12,14-15H2,1-2H3/b27-24+/t21-,22-,23+,26+/m1/s1. The molecule has 5 heteroatoms. The van der Waals surface area contributed by atoms with Gasteiger partial charge in [-0.3, -0.25) is 4.79 Å². The average molecular weight is 420 g/mol. The van der Waals surface area contributed by atoms with Crippen molar-refractivity contribution in [2.75, 3.05) is 7.11 Å². The minimum Gasteiger partial charge on any atom is -0.497 e. The number of hydrogen-bond acceptors (Lipinski definition) is 5. The smallest absolute Gasteiger partial charge is 0.186 e. The van der Waals surface area contributed by atoms with Gasteiger partial charge in [-0.25, -0.2) is 0 Å². The number of fused-ring (bicyclic) bond motifs is 5. The van der Waals surface area contributed by atoms with Crippen LogP contribution in [-0.4, -0.2) is 23.8 Å². The number of ether oxygens (including phenoxy) is 2. The third kappa shape index (κ3) is 3.31. The van der Waals surface area contributed by atoms with Gasteiger partial charge in [-0.1, -0.05) is 30.3 Å². The summed E-state index contributed by atoms with van der Waals surface area (Å²) in [5.41, 5.74) is 3.91. The minimum atomic E-state index is -0.359. The molecule has 0 saturated heterocycles. The Morgan fingerprint density at radius 2 is 1.90 bits per heavy atom. The summed E-state index contributed by atoms with van der Waals surface area (Å²) in [4.78, 5) is 12.8. The number of nitrogens with zero attached hydrogens (tertiary/aromatic N) is 1. The molecule has 0 radical (unpaired) electrons. The van der Waals surface area contributed by atoms with Crippen LogP contribution in [0.1, 0.15) is 55.2 Å². The number of carbonyl (C=O) groups excluding carboxylic acids is 1. The van der Waals surface area contributed by atoms with Gasteiger partial charge >= 0.3 is 0 Å². The highest BCUT2D eigenvalue weighted by Crippen LogP contribution is 2.59. The van der Waals surface area contributed by atoms with Crippen molar-refractivity contribution >= 4 is 11.5 Å². The third-order valence-corrected chi connectivity index (χ3v) is 7.97. The maximum atomic E-state index is 12.8. The first-order chi connectivity index (χ1) is 15.0. The summed E-state index contributed by atoms with van der Waals surface area (Å²) in [6.45, 7) is 2.61. The number of benzene rings is 2. The third-order valence-electron chi connectivity index (χ3n) is 7.97. The van der Waals surface area contributed by atoms with Crippen LogP contribution in [0.4, 0.5) is 0 Å². The van der Waals surface area contributed by atoms with Crippen LogP contribution in [0.25, 0.3) is 0 Å². The molecule has 31 heavy (non-hydrogen) atoms. The van der Waals surface area contributed by atoms with Gasteiger partial charge in [0.25, 0.3) is 0 Å². The number of rotatable bonds is 4. The number of oxime groups is 1. The predicted molar refractivity (Wildman–Crippen MR) is 118 cm³/mol. The Labute approximate surface area is 183 Å². The normalized spacial score (nSPS) is 30.5. The van der Waals surface area contributed by atoms with Crippen LogP contribution < -0.4 is 9.47 Å². The van der Waals surface area contributed by atoms with Gasteiger partial charge in [0, 0.05) is 11.8 Å². The van der Waals surface area contributed by atoms with E-state index < -0.39 is 0 Å². The summed E-state index contributed by atoms with van der Waals surface area (Å²) in [7, 11) is 1.67. The summed E-state index contributed by atoms with van der Waals surface area (Å²) >= 11 is 0. The van der Waals surface area contributed by atoms with Crippen molar-refractivity contribution in [1.29, 1.82) is 0 Å². The molecule has 0 aliphatic heterocycles. The minimum absolute atomic E-state index is 0.0616.